The van der Waals surface area contributed by atoms with Gasteiger partial charge in [0.05, 0.1) is 17.0 Å². The van der Waals surface area contributed by atoms with Crippen LogP contribution in [-0.4, -0.2) is 27.3 Å². The minimum absolute atomic E-state index is 0.453. The molecule has 1 aliphatic rings. The van der Waals surface area contributed by atoms with Gasteiger partial charge in [0.25, 0.3) is 0 Å². The van der Waals surface area contributed by atoms with Crippen molar-refractivity contribution in [3.05, 3.63) is 83.9 Å². The number of carbonyl (C=O) groups is 1. The lowest BCUT2D eigenvalue weighted by Crippen LogP contribution is -2.44. The first kappa shape index (κ1) is 21.8. The Balaban J connectivity index is 2.26. The van der Waals surface area contributed by atoms with Gasteiger partial charge in [0.2, 0.25) is 0 Å². The summed E-state index contributed by atoms with van der Waals surface area (Å²) in [6.07, 6.45) is 3.46. The van der Waals surface area contributed by atoms with Crippen LogP contribution in [0, 0.1) is 5.41 Å². The SMILES string of the molecule is CC(C)(C)OC(=O)N1C(c2ccccc2)=CC(C)(C(C)(C)O)C=C1c1ccccc1. The molecule has 0 unspecified atom stereocenters. The number of benzene rings is 2. The second-order valence-electron chi connectivity index (χ2n) is 9.45. The van der Waals surface area contributed by atoms with Gasteiger partial charge in [-0.15, -0.1) is 0 Å². The van der Waals surface area contributed by atoms with E-state index >= 15 is 0 Å². The zero-order valence-corrected chi connectivity index (χ0v) is 18.6. The van der Waals surface area contributed by atoms with Crippen LogP contribution in [-0.2, 0) is 4.74 Å². The molecule has 1 heterocycles. The van der Waals surface area contributed by atoms with Crippen molar-refractivity contribution in [2.75, 3.05) is 0 Å². The van der Waals surface area contributed by atoms with E-state index in [4.69, 9.17) is 4.74 Å². The zero-order valence-electron chi connectivity index (χ0n) is 18.6. The number of ether oxygens (including phenoxy) is 1. The second-order valence-corrected chi connectivity index (χ2v) is 9.45. The van der Waals surface area contributed by atoms with Crippen molar-refractivity contribution in [2.45, 2.75) is 52.7 Å². The van der Waals surface area contributed by atoms with Gasteiger partial charge in [-0.05, 0) is 64.8 Å². The third-order valence-corrected chi connectivity index (χ3v) is 5.39. The third-order valence-electron chi connectivity index (χ3n) is 5.39. The fraction of sp³-hybridized carbons (Fsp3) is 0.346. The van der Waals surface area contributed by atoms with E-state index in [0.29, 0.717) is 11.4 Å². The topological polar surface area (TPSA) is 49.8 Å². The Morgan fingerprint density at radius 3 is 1.57 bits per heavy atom. The summed E-state index contributed by atoms with van der Waals surface area (Å²) < 4.78 is 5.78. The van der Waals surface area contributed by atoms with Crippen LogP contribution in [0.15, 0.2) is 72.8 Å². The Hall–Kier alpha value is -2.85. The van der Waals surface area contributed by atoms with E-state index < -0.39 is 22.7 Å². The van der Waals surface area contributed by atoms with Crippen LogP contribution in [0.4, 0.5) is 4.79 Å². The molecule has 0 fully saturated rings. The number of hydrogen-bond donors (Lipinski definition) is 1. The molecule has 158 valence electrons. The molecule has 2 aromatic carbocycles. The highest BCUT2D eigenvalue weighted by atomic mass is 16.6. The van der Waals surface area contributed by atoms with Crippen molar-refractivity contribution >= 4 is 17.5 Å². The van der Waals surface area contributed by atoms with Gasteiger partial charge >= 0.3 is 6.09 Å². The summed E-state index contributed by atoms with van der Waals surface area (Å²) in [4.78, 5) is 15.0. The highest BCUT2D eigenvalue weighted by Gasteiger charge is 2.43. The zero-order chi connectivity index (χ0) is 22.2. The van der Waals surface area contributed by atoms with Gasteiger partial charge in [-0.3, -0.25) is 0 Å². The molecule has 3 rings (SSSR count). The fourth-order valence-electron chi connectivity index (χ4n) is 3.37. The van der Waals surface area contributed by atoms with Crippen molar-refractivity contribution in [2.24, 2.45) is 5.41 Å². The number of hydrogen-bond acceptors (Lipinski definition) is 3. The fourth-order valence-corrected chi connectivity index (χ4v) is 3.37. The molecule has 0 aliphatic carbocycles. The molecule has 0 spiro atoms. The molecule has 0 saturated carbocycles. The standard InChI is InChI=1S/C26H31NO3/c1-24(2,3)30-23(28)27-21(19-13-9-7-10-14-19)17-26(6,25(4,5)29)18-22(27)20-15-11-8-12-16-20/h7-18,29H,1-6H3. The summed E-state index contributed by atoms with van der Waals surface area (Å²) in [6.45, 7) is 11.1. The Morgan fingerprint density at radius 2 is 1.23 bits per heavy atom. The van der Waals surface area contributed by atoms with Crippen molar-refractivity contribution in [1.29, 1.82) is 0 Å². The highest BCUT2D eigenvalue weighted by Crippen LogP contribution is 2.46. The normalized spacial score (nSPS) is 16.6. The predicted molar refractivity (Wildman–Crippen MR) is 121 cm³/mol. The van der Waals surface area contributed by atoms with E-state index in [9.17, 15) is 9.90 Å². The van der Waals surface area contributed by atoms with E-state index in [1.165, 1.54) is 0 Å². The third kappa shape index (κ3) is 4.49. The van der Waals surface area contributed by atoms with Crippen LogP contribution in [0.25, 0.3) is 11.4 Å². The van der Waals surface area contributed by atoms with Gasteiger partial charge in [0.1, 0.15) is 5.60 Å². The van der Waals surface area contributed by atoms with E-state index in [2.05, 4.69) is 0 Å². The molecule has 0 atom stereocenters. The van der Waals surface area contributed by atoms with Crippen molar-refractivity contribution < 1.29 is 14.6 Å². The monoisotopic (exact) mass is 405 g/mol. The average molecular weight is 406 g/mol. The number of nitrogens with zero attached hydrogens (tertiary/aromatic N) is 1. The van der Waals surface area contributed by atoms with E-state index in [1.54, 1.807) is 18.7 Å². The summed E-state index contributed by atoms with van der Waals surface area (Å²) in [5.74, 6) is 0. The maximum atomic E-state index is 13.4. The maximum absolute atomic E-state index is 13.4. The van der Waals surface area contributed by atoms with Crippen LogP contribution in [0.2, 0.25) is 0 Å². The van der Waals surface area contributed by atoms with Crippen molar-refractivity contribution in [3.8, 4) is 0 Å². The first-order valence-electron chi connectivity index (χ1n) is 10.2. The summed E-state index contributed by atoms with van der Waals surface area (Å²) >= 11 is 0. The number of carbonyl (C=O) groups excluding carboxylic acids is 1. The van der Waals surface area contributed by atoms with Crippen molar-refractivity contribution in [3.63, 3.8) is 0 Å². The molecule has 1 aliphatic heterocycles. The molecule has 0 saturated heterocycles. The molecule has 0 aromatic heterocycles. The number of amides is 1. The Bertz CT molecular complexity index is 903. The quantitative estimate of drug-likeness (QED) is 0.671. The summed E-state index contributed by atoms with van der Waals surface area (Å²) in [5, 5.41) is 11.0. The largest absolute Gasteiger partial charge is 0.443 e. The van der Waals surface area contributed by atoms with Crippen LogP contribution < -0.4 is 0 Å². The van der Waals surface area contributed by atoms with Gasteiger partial charge in [-0.2, -0.15) is 0 Å². The first-order valence-corrected chi connectivity index (χ1v) is 10.2. The molecule has 4 nitrogen and oxygen atoms in total. The summed E-state index contributed by atoms with van der Waals surface area (Å²) in [5.41, 5.74) is 0.736. The minimum atomic E-state index is -1.05. The van der Waals surface area contributed by atoms with Crippen LogP contribution in [0.3, 0.4) is 0 Å². The Kier molecular flexibility index (Phi) is 5.66. The molecule has 1 N–H and O–H groups in total. The maximum Gasteiger partial charge on any atom is 0.419 e. The van der Waals surface area contributed by atoms with Gasteiger partial charge in [-0.1, -0.05) is 60.7 Å². The van der Waals surface area contributed by atoms with Crippen LogP contribution in [0.1, 0.15) is 52.7 Å². The van der Waals surface area contributed by atoms with Gasteiger partial charge in [-0.25, -0.2) is 9.69 Å². The van der Waals surface area contributed by atoms with Crippen molar-refractivity contribution in [1.82, 2.24) is 4.90 Å². The van der Waals surface area contributed by atoms with Gasteiger partial charge in [0.15, 0.2) is 0 Å². The predicted octanol–water partition coefficient (Wildman–Crippen LogP) is 6.10. The first-order chi connectivity index (χ1) is 13.9. The van der Waals surface area contributed by atoms with Crippen LogP contribution in [0.5, 0.6) is 0 Å². The molecule has 1 amide bonds. The van der Waals surface area contributed by atoms with Crippen LogP contribution >= 0.6 is 0 Å². The lowest BCUT2D eigenvalue weighted by Gasteiger charge is -2.43. The molecule has 4 heteroatoms. The molecule has 0 radical (unpaired) electrons. The van der Waals surface area contributed by atoms with E-state index in [1.807, 2.05) is 101 Å². The number of rotatable bonds is 3. The molecule has 30 heavy (non-hydrogen) atoms. The van der Waals surface area contributed by atoms with E-state index in [0.717, 1.165) is 11.1 Å². The Labute approximate surface area is 179 Å². The molecule has 2 aromatic rings. The summed E-state index contributed by atoms with van der Waals surface area (Å²) in [7, 11) is 0. The molecular weight excluding hydrogens is 374 g/mol. The molecule has 0 bridgehead atoms. The molecular formula is C26H31NO3. The summed E-state index contributed by atoms with van der Waals surface area (Å²) in [6, 6.07) is 19.5. The van der Waals surface area contributed by atoms with E-state index in [-0.39, 0.29) is 0 Å². The lowest BCUT2D eigenvalue weighted by molar-refractivity contribution is 0.00551. The van der Waals surface area contributed by atoms with Gasteiger partial charge < -0.3 is 9.84 Å². The number of aliphatic hydroxyl groups is 1. The lowest BCUT2D eigenvalue weighted by atomic mass is 9.71. The average Bonchev–Trinajstić information content (AvgIpc) is 2.66. The van der Waals surface area contributed by atoms with Gasteiger partial charge in [0, 0.05) is 5.41 Å². The highest BCUT2D eigenvalue weighted by molar-refractivity contribution is 5.95. The Morgan fingerprint density at radius 1 is 0.833 bits per heavy atom. The minimum Gasteiger partial charge on any atom is -0.443 e. The smallest absolute Gasteiger partial charge is 0.419 e. The second kappa shape index (κ2) is 7.77.